The van der Waals surface area contributed by atoms with Gasteiger partial charge in [-0.25, -0.2) is 0 Å². The summed E-state index contributed by atoms with van der Waals surface area (Å²) in [5, 5.41) is 19.3. The molecule has 2 aromatic carbocycles. The molecule has 0 spiro atoms. The predicted octanol–water partition coefficient (Wildman–Crippen LogP) is 4.91. The molecule has 4 N–H and O–H groups in total. The molecule has 0 bridgehead atoms. The lowest BCUT2D eigenvalue weighted by molar-refractivity contribution is -0.129. The minimum atomic E-state index is -0.636. The second-order valence-corrected chi connectivity index (χ2v) is 10.4. The molecule has 7 heteroatoms. The van der Waals surface area contributed by atoms with Gasteiger partial charge in [0.15, 0.2) is 0 Å². The van der Waals surface area contributed by atoms with E-state index in [2.05, 4.69) is 47.1 Å². The number of hydrogen-bond donors (Lipinski definition) is 4. The summed E-state index contributed by atoms with van der Waals surface area (Å²) in [5.74, 6) is -0.0982. The molecule has 1 aliphatic carbocycles. The molecule has 0 aliphatic heterocycles. The molecular weight excluding hydrogens is 498 g/mol. The van der Waals surface area contributed by atoms with Gasteiger partial charge in [0.1, 0.15) is 11.8 Å². The second kappa shape index (κ2) is 14.7. The van der Waals surface area contributed by atoms with Crippen LogP contribution in [0.2, 0.25) is 0 Å². The van der Waals surface area contributed by atoms with E-state index >= 15 is 0 Å². The Morgan fingerprint density at radius 1 is 1.00 bits per heavy atom. The van der Waals surface area contributed by atoms with Gasteiger partial charge in [-0.05, 0) is 81.2 Å². The number of rotatable bonds is 12. The lowest BCUT2D eigenvalue weighted by Gasteiger charge is -2.40. The highest BCUT2D eigenvalue weighted by atomic mass is 35.5. The topological polar surface area (TPSA) is 90.5 Å². The van der Waals surface area contributed by atoms with Crippen molar-refractivity contribution in [2.75, 3.05) is 13.6 Å². The number of aryl methyl sites for hydroxylation is 1. The molecule has 4 atom stereocenters. The molecule has 0 saturated heterocycles. The highest BCUT2D eigenvalue weighted by molar-refractivity contribution is 5.89. The third-order valence-corrected chi connectivity index (χ3v) is 7.30. The van der Waals surface area contributed by atoms with Crippen LogP contribution in [0, 0.1) is 11.3 Å². The monoisotopic (exact) mass is 539 g/mol. The van der Waals surface area contributed by atoms with Crippen LogP contribution in [-0.4, -0.2) is 42.6 Å². The summed E-state index contributed by atoms with van der Waals surface area (Å²) >= 11 is 0. The van der Waals surface area contributed by atoms with Crippen LogP contribution in [-0.2, 0) is 22.4 Å². The van der Waals surface area contributed by atoms with E-state index in [0.29, 0.717) is 13.0 Å². The zero-order chi connectivity index (χ0) is 26.8. The minimum absolute atomic E-state index is 0. The molecule has 1 aliphatic rings. The molecule has 38 heavy (non-hydrogen) atoms. The van der Waals surface area contributed by atoms with Crippen LogP contribution >= 0.6 is 12.4 Å². The van der Waals surface area contributed by atoms with E-state index in [1.807, 2.05) is 49.4 Å². The van der Waals surface area contributed by atoms with Crippen molar-refractivity contribution in [2.45, 2.75) is 58.5 Å². The number of hydrogen-bond acceptors (Lipinski definition) is 4. The molecule has 0 saturated carbocycles. The van der Waals surface area contributed by atoms with E-state index in [0.717, 1.165) is 24.8 Å². The van der Waals surface area contributed by atoms with Crippen molar-refractivity contribution >= 4 is 24.2 Å². The van der Waals surface area contributed by atoms with Gasteiger partial charge in [-0.15, -0.1) is 12.4 Å². The molecule has 6 nitrogen and oxygen atoms in total. The van der Waals surface area contributed by atoms with Crippen LogP contribution in [0.1, 0.15) is 44.7 Å². The molecule has 0 fully saturated rings. The van der Waals surface area contributed by atoms with Gasteiger partial charge in [0.25, 0.3) is 0 Å². The number of amides is 2. The second-order valence-electron chi connectivity index (χ2n) is 10.4. The summed E-state index contributed by atoms with van der Waals surface area (Å²) in [6.45, 7) is 6.41. The molecule has 0 heterocycles. The zero-order valence-corrected chi connectivity index (χ0v) is 23.7. The third kappa shape index (κ3) is 8.74. The molecule has 3 rings (SSSR count). The summed E-state index contributed by atoms with van der Waals surface area (Å²) in [6.07, 6.45) is 6.71. The first-order valence-corrected chi connectivity index (χ1v) is 13.1. The van der Waals surface area contributed by atoms with E-state index in [1.54, 1.807) is 20.0 Å². The lowest BCUT2D eigenvalue weighted by Crippen LogP contribution is -2.52. The standard InChI is InChI=1S/C31H41N3O3.ClH/c1-22-18-26(35)21-31(3,20-25-14-9-6-10-15-25)27(22)19-28(32-4)30(37)34-23(2)29(36)33-17-11-16-24-12-7-5-8-13-24;/h5-10,12-15,18,21,23,27-28,32,35H,11,16-17,19-20H2,1-4H3,(H,33,36)(H,34,37);1H/t23-,27?,28?,31?;/m1./s1. The van der Waals surface area contributed by atoms with Crippen LogP contribution in [0.3, 0.4) is 0 Å². The largest absolute Gasteiger partial charge is 0.508 e. The quantitative estimate of drug-likeness (QED) is 0.289. The van der Waals surface area contributed by atoms with E-state index in [-0.39, 0.29) is 41.3 Å². The Labute approximate surface area is 233 Å². The molecule has 206 valence electrons. The number of likely N-dealkylation sites (N-methyl/N-ethyl adjacent to an activating group) is 1. The van der Waals surface area contributed by atoms with Gasteiger partial charge in [-0.1, -0.05) is 73.2 Å². The molecule has 3 unspecified atom stereocenters. The Bertz CT molecular complexity index is 1100. The zero-order valence-electron chi connectivity index (χ0n) is 22.9. The van der Waals surface area contributed by atoms with Crippen molar-refractivity contribution in [3.63, 3.8) is 0 Å². The fourth-order valence-corrected chi connectivity index (χ4v) is 5.27. The maximum absolute atomic E-state index is 13.2. The summed E-state index contributed by atoms with van der Waals surface area (Å²) in [4.78, 5) is 25.8. The number of allylic oxidation sites excluding steroid dienone is 3. The Balaban J connectivity index is 0.00000507. The molecular formula is C31H42ClN3O3. The van der Waals surface area contributed by atoms with Crippen LogP contribution in [0.5, 0.6) is 0 Å². The van der Waals surface area contributed by atoms with E-state index in [1.165, 1.54) is 11.1 Å². The predicted molar refractivity (Wildman–Crippen MR) is 156 cm³/mol. The first kappa shape index (κ1) is 31.1. The van der Waals surface area contributed by atoms with Gasteiger partial charge in [-0.3, -0.25) is 9.59 Å². The fraction of sp³-hybridized carbons (Fsp3) is 0.419. The number of benzene rings is 2. The molecule has 0 radical (unpaired) electrons. The molecule has 0 aromatic heterocycles. The minimum Gasteiger partial charge on any atom is -0.508 e. The van der Waals surface area contributed by atoms with Gasteiger partial charge in [0.2, 0.25) is 11.8 Å². The summed E-state index contributed by atoms with van der Waals surface area (Å²) in [7, 11) is 1.77. The summed E-state index contributed by atoms with van der Waals surface area (Å²) in [5.41, 5.74) is 3.10. The van der Waals surface area contributed by atoms with Crippen molar-refractivity contribution in [2.24, 2.45) is 11.3 Å². The maximum atomic E-state index is 13.2. The van der Waals surface area contributed by atoms with Gasteiger partial charge in [-0.2, -0.15) is 0 Å². The van der Waals surface area contributed by atoms with Crippen LogP contribution in [0.15, 0.2) is 84.1 Å². The Morgan fingerprint density at radius 3 is 2.21 bits per heavy atom. The van der Waals surface area contributed by atoms with Crippen molar-refractivity contribution in [3.8, 4) is 0 Å². The summed E-state index contributed by atoms with van der Waals surface area (Å²) < 4.78 is 0. The number of aliphatic hydroxyl groups excluding tert-OH is 1. The van der Waals surface area contributed by atoms with Gasteiger partial charge >= 0.3 is 0 Å². The average molecular weight is 540 g/mol. The Hall–Kier alpha value is -3.09. The number of carbonyl (C=O) groups excluding carboxylic acids is 2. The normalized spacial score (nSPS) is 20.3. The van der Waals surface area contributed by atoms with E-state index < -0.39 is 12.1 Å². The highest BCUT2D eigenvalue weighted by Crippen LogP contribution is 2.44. The SMILES string of the molecule is CNC(CC1C(C)=CC(O)=CC1(C)Cc1ccccc1)C(=O)N[C@H](C)C(=O)NCCCc1ccccc1.Cl. The summed E-state index contributed by atoms with van der Waals surface area (Å²) in [6, 6.07) is 19.2. The van der Waals surface area contributed by atoms with Crippen LogP contribution < -0.4 is 16.0 Å². The average Bonchev–Trinajstić information content (AvgIpc) is 2.87. The third-order valence-electron chi connectivity index (χ3n) is 7.30. The first-order valence-electron chi connectivity index (χ1n) is 13.1. The number of carbonyl (C=O) groups is 2. The van der Waals surface area contributed by atoms with Crippen LogP contribution in [0.25, 0.3) is 0 Å². The smallest absolute Gasteiger partial charge is 0.242 e. The fourth-order valence-electron chi connectivity index (χ4n) is 5.27. The maximum Gasteiger partial charge on any atom is 0.242 e. The van der Waals surface area contributed by atoms with Crippen molar-refractivity contribution in [3.05, 3.63) is 95.3 Å². The first-order chi connectivity index (χ1) is 17.7. The van der Waals surface area contributed by atoms with Crippen LogP contribution in [0.4, 0.5) is 0 Å². The Morgan fingerprint density at radius 2 is 1.61 bits per heavy atom. The van der Waals surface area contributed by atoms with Crippen molar-refractivity contribution < 1.29 is 14.7 Å². The molecule has 2 aromatic rings. The van der Waals surface area contributed by atoms with Gasteiger partial charge in [0.05, 0.1) is 6.04 Å². The van der Waals surface area contributed by atoms with E-state index in [9.17, 15) is 14.7 Å². The van der Waals surface area contributed by atoms with Crippen molar-refractivity contribution in [1.29, 1.82) is 0 Å². The molecule has 2 amide bonds. The number of halogens is 1. The van der Waals surface area contributed by atoms with Crippen molar-refractivity contribution in [1.82, 2.24) is 16.0 Å². The number of nitrogens with one attached hydrogen (secondary N) is 3. The lowest BCUT2D eigenvalue weighted by atomic mass is 9.65. The number of aliphatic hydroxyl groups is 1. The van der Waals surface area contributed by atoms with Gasteiger partial charge in [0, 0.05) is 6.54 Å². The van der Waals surface area contributed by atoms with Gasteiger partial charge < -0.3 is 21.1 Å². The van der Waals surface area contributed by atoms with E-state index in [4.69, 9.17) is 0 Å². The Kier molecular flexibility index (Phi) is 12.1. The highest BCUT2D eigenvalue weighted by Gasteiger charge is 2.39.